The standard InChI is InChI=1S/C15H12FN3S/c16-13-6-10(5-12(7-13)15(17)20)9-19-14-4-2-1-3-11(14)8-18-19/h1-8H,9H2,(H2,17,20). The number of hydrogen-bond donors (Lipinski definition) is 1. The lowest BCUT2D eigenvalue weighted by Gasteiger charge is -2.07. The lowest BCUT2D eigenvalue weighted by atomic mass is 10.1. The molecule has 2 aromatic carbocycles. The van der Waals surface area contributed by atoms with Crippen molar-refractivity contribution in [2.24, 2.45) is 5.73 Å². The molecule has 0 aliphatic heterocycles. The highest BCUT2D eigenvalue weighted by molar-refractivity contribution is 7.80. The van der Waals surface area contributed by atoms with E-state index in [-0.39, 0.29) is 10.8 Å². The summed E-state index contributed by atoms with van der Waals surface area (Å²) in [6.45, 7) is 0.473. The lowest BCUT2D eigenvalue weighted by molar-refractivity contribution is 0.621. The molecule has 0 aliphatic rings. The Morgan fingerprint density at radius 2 is 2.05 bits per heavy atom. The first-order valence-electron chi connectivity index (χ1n) is 6.13. The molecular formula is C15H12FN3S. The maximum atomic E-state index is 13.6. The molecule has 20 heavy (non-hydrogen) atoms. The Morgan fingerprint density at radius 3 is 2.85 bits per heavy atom. The summed E-state index contributed by atoms with van der Waals surface area (Å²) in [6, 6.07) is 12.5. The normalized spacial score (nSPS) is 10.8. The van der Waals surface area contributed by atoms with Crippen LogP contribution < -0.4 is 5.73 Å². The van der Waals surface area contributed by atoms with Gasteiger partial charge < -0.3 is 5.73 Å². The third kappa shape index (κ3) is 2.40. The van der Waals surface area contributed by atoms with Gasteiger partial charge in [0.1, 0.15) is 10.8 Å². The van der Waals surface area contributed by atoms with E-state index in [0.717, 1.165) is 16.5 Å². The molecule has 0 aliphatic carbocycles. The van der Waals surface area contributed by atoms with Gasteiger partial charge in [-0.1, -0.05) is 30.4 Å². The molecular weight excluding hydrogens is 273 g/mol. The van der Waals surface area contributed by atoms with Crippen molar-refractivity contribution in [2.75, 3.05) is 0 Å². The van der Waals surface area contributed by atoms with E-state index in [4.69, 9.17) is 18.0 Å². The second-order valence-corrected chi connectivity index (χ2v) is 5.01. The van der Waals surface area contributed by atoms with Gasteiger partial charge in [-0.25, -0.2) is 4.39 Å². The Bertz CT molecular complexity index is 795. The summed E-state index contributed by atoms with van der Waals surface area (Å²) in [4.78, 5) is 0.191. The molecule has 0 amide bonds. The van der Waals surface area contributed by atoms with E-state index in [0.29, 0.717) is 12.1 Å². The number of aromatic nitrogens is 2. The van der Waals surface area contributed by atoms with Gasteiger partial charge in [-0.05, 0) is 29.8 Å². The minimum Gasteiger partial charge on any atom is -0.389 e. The Labute approximate surface area is 120 Å². The highest BCUT2D eigenvalue weighted by Gasteiger charge is 2.06. The lowest BCUT2D eigenvalue weighted by Crippen LogP contribution is -2.11. The molecule has 0 atom stereocenters. The summed E-state index contributed by atoms with van der Waals surface area (Å²) in [5.41, 5.74) is 7.88. The largest absolute Gasteiger partial charge is 0.389 e. The first-order valence-corrected chi connectivity index (χ1v) is 6.54. The Hall–Kier alpha value is -2.27. The summed E-state index contributed by atoms with van der Waals surface area (Å²) in [5.74, 6) is -0.346. The summed E-state index contributed by atoms with van der Waals surface area (Å²) in [6.07, 6.45) is 1.79. The Balaban J connectivity index is 2.00. The van der Waals surface area contributed by atoms with Crippen molar-refractivity contribution in [3.63, 3.8) is 0 Å². The van der Waals surface area contributed by atoms with Gasteiger partial charge in [0, 0.05) is 10.9 Å². The molecule has 0 spiro atoms. The first-order chi connectivity index (χ1) is 9.63. The quantitative estimate of drug-likeness (QED) is 0.753. The summed E-state index contributed by atoms with van der Waals surface area (Å²) in [7, 11) is 0. The molecule has 0 saturated heterocycles. The topological polar surface area (TPSA) is 43.8 Å². The van der Waals surface area contributed by atoms with Gasteiger partial charge in [0.15, 0.2) is 0 Å². The number of fused-ring (bicyclic) bond motifs is 1. The van der Waals surface area contributed by atoms with Crippen LogP contribution in [0.15, 0.2) is 48.7 Å². The molecule has 0 saturated carbocycles. The van der Waals surface area contributed by atoms with Crippen molar-refractivity contribution in [3.8, 4) is 0 Å². The average molecular weight is 285 g/mol. The van der Waals surface area contributed by atoms with Crippen LogP contribution in [0, 0.1) is 5.82 Å². The fraction of sp³-hybridized carbons (Fsp3) is 0.0667. The molecule has 0 bridgehead atoms. The van der Waals surface area contributed by atoms with Crippen LogP contribution in [0.5, 0.6) is 0 Å². The fourth-order valence-electron chi connectivity index (χ4n) is 2.21. The molecule has 0 fully saturated rings. The first kappa shape index (κ1) is 12.7. The van der Waals surface area contributed by atoms with Crippen LogP contribution in [0.2, 0.25) is 0 Å². The van der Waals surface area contributed by atoms with Crippen molar-refractivity contribution in [1.82, 2.24) is 9.78 Å². The summed E-state index contributed by atoms with van der Waals surface area (Å²) in [5, 5.41) is 5.38. The molecule has 3 aromatic rings. The van der Waals surface area contributed by atoms with E-state index in [1.807, 2.05) is 28.9 Å². The van der Waals surface area contributed by atoms with Crippen LogP contribution in [0.4, 0.5) is 4.39 Å². The Morgan fingerprint density at radius 1 is 1.25 bits per heavy atom. The number of para-hydroxylation sites is 1. The van der Waals surface area contributed by atoms with E-state index < -0.39 is 0 Å². The monoisotopic (exact) mass is 285 g/mol. The SMILES string of the molecule is NC(=S)c1cc(F)cc(Cn2ncc3ccccc32)c1. The van der Waals surface area contributed by atoms with Crippen molar-refractivity contribution in [2.45, 2.75) is 6.54 Å². The number of thiocarbonyl (C=S) groups is 1. The van der Waals surface area contributed by atoms with Gasteiger partial charge in [0.25, 0.3) is 0 Å². The van der Waals surface area contributed by atoms with E-state index in [9.17, 15) is 4.39 Å². The molecule has 5 heteroatoms. The van der Waals surface area contributed by atoms with Crippen LogP contribution in [0.1, 0.15) is 11.1 Å². The second-order valence-electron chi connectivity index (χ2n) is 4.57. The van der Waals surface area contributed by atoms with E-state index in [1.165, 1.54) is 12.1 Å². The maximum absolute atomic E-state index is 13.6. The smallest absolute Gasteiger partial charge is 0.124 e. The van der Waals surface area contributed by atoms with Gasteiger partial charge in [-0.15, -0.1) is 0 Å². The summed E-state index contributed by atoms with van der Waals surface area (Å²) < 4.78 is 15.4. The third-order valence-corrected chi connectivity index (χ3v) is 3.36. The van der Waals surface area contributed by atoms with Crippen LogP contribution in [-0.2, 0) is 6.54 Å². The number of nitrogens with zero attached hydrogens (tertiary/aromatic N) is 2. The fourth-order valence-corrected chi connectivity index (χ4v) is 2.33. The van der Waals surface area contributed by atoms with Gasteiger partial charge in [-0.3, -0.25) is 4.68 Å². The van der Waals surface area contributed by atoms with Crippen LogP contribution in [0.25, 0.3) is 10.9 Å². The maximum Gasteiger partial charge on any atom is 0.124 e. The van der Waals surface area contributed by atoms with E-state index in [2.05, 4.69) is 5.10 Å². The molecule has 0 unspecified atom stereocenters. The minimum atomic E-state index is -0.346. The van der Waals surface area contributed by atoms with Crippen molar-refractivity contribution >= 4 is 28.1 Å². The molecule has 0 radical (unpaired) electrons. The highest BCUT2D eigenvalue weighted by Crippen LogP contribution is 2.16. The molecule has 1 heterocycles. The zero-order valence-corrected chi connectivity index (χ0v) is 11.4. The molecule has 2 N–H and O–H groups in total. The number of rotatable bonds is 3. The second kappa shape index (κ2) is 5.02. The number of halogens is 1. The van der Waals surface area contributed by atoms with Gasteiger partial charge in [0.05, 0.1) is 18.3 Å². The van der Waals surface area contributed by atoms with Gasteiger partial charge in [0.2, 0.25) is 0 Å². The minimum absolute atomic E-state index is 0.191. The zero-order valence-electron chi connectivity index (χ0n) is 10.6. The Kier molecular flexibility index (Phi) is 3.20. The number of hydrogen-bond acceptors (Lipinski definition) is 2. The highest BCUT2D eigenvalue weighted by atomic mass is 32.1. The zero-order chi connectivity index (χ0) is 14.1. The van der Waals surface area contributed by atoms with Crippen molar-refractivity contribution in [3.05, 3.63) is 65.6 Å². The molecule has 3 nitrogen and oxygen atoms in total. The van der Waals surface area contributed by atoms with Crippen LogP contribution in [0.3, 0.4) is 0 Å². The molecule has 1 aromatic heterocycles. The van der Waals surface area contributed by atoms with Crippen LogP contribution in [-0.4, -0.2) is 14.8 Å². The molecule has 3 rings (SSSR count). The average Bonchev–Trinajstić information content (AvgIpc) is 2.82. The predicted molar refractivity (Wildman–Crippen MR) is 81.1 cm³/mol. The van der Waals surface area contributed by atoms with Crippen molar-refractivity contribution in [1.29, 1.82) is 0 Å². The predicted octanol–water partition coefficient (Wildman–Crippen LogP) is 2.86. The number of nitrogens with two attached hydrogens (primary N) is 1. The van der Waals surface area contributed by atoms with Gasteiger partial charge >= 0.3 is 0 Å². The van der Waals surface area contributed by atoms with E-state index >= 15 is 0 Å². The molecule has 100 valence electrons. The number of benzene rings is 2. The summed E-state index contributed by atoms with van der Waals surface area (Å²) >= 11 is 4.89. The van der Waals surface area contributed by atoms with E-state index in [1.54, 1.807) is 12.3 Å². The third-order valence-electron chi connectivity index (χ3n) is 3.13. The van der Waals surface area contributed by atoms with Crippen LogP contribution >= 0.6 is 12.2 Å². The van der Waals surface area contributed by atoms with Gasteiger partial charge in [-0.2, -0.15) is 5.10 Å². The van der Waals surface area contributed by atoms with Crippen molar-refractivity contribution < 1.29 is 4.39 Å².